The highest BCUT2D eigenvalue weighted by Gasteiger charge is 2.18. The summed E-state index contributed by atoms with van der Waals surface area (Å²) in [5, 5.41) is 7.98. The van der Waals surface area contributed by atoms with Crippen LogP contribution in [-0.4, -0.2) is 46.8 Å². The van der Waals surface area contributed by atoms with Gasteiger partial charge in [-0.2, -0.15) is 5.10 Å². The second-order valence-electron chi connectivity index (χ2n) is 5.45. The van der Waals surface area contributed by atoms with Crippen molar-refractivity contribution in [1.29, 1.82) is 0 Å². The second kappa shape index (κ2) is 7.43. The number of amides is 1. The highest BCUT2D eigenvalue weighted by atomic mass is 16.2. The molecule has 1 aromatic rings. The van der Waals surface area contributed by atoms with Gasteiger partial charge in [0, 0.05) is 31.7 Å². The Bertz CT molecular complexity index is 423. The molecule has 1 N–H and O–H groups in total. The van der Waals surface area contributed by atoms with E-state index in [0.29, 0.717) is 12.5 Å². The van der Waals surface area contributed by atoms with E-state index in [4.69, 9.17) is 0 Å². The molecule has 0 radical (unpaired) electrons. The van der Waals surface area contributed by atoms with Gasteiger partial charge in [0.2, 0.25) is 5.91 Å². The maximum absolute atomic E-state index is 12.2. The van der Waals surface area contributed by atoms with E-state index in [1.54, 1.807) is 4.68 Å². The van der Waals surface area contributed by atoms with E-state index in [1.807, 2.05) is 18.0 Å². The van der Waals surface area contributed by atoms with Crippen LogP contribution in [0.4, 0.5) is 0 Å². The van der Waals surface area contributed by atoms with Gasteiger partial charge in [-0.25, -0.2) is 0 Å². The summed E-state index contributed by atoms with van der Waals surface area (Å²) in [5.41, 5.74) is 1.11. The molecule has 1 aliphatic rings. The second-order valence-corrected chi connectivity index (χ2v) is 5.45. The molecule has 0 aliphatic carbocycles. The summed E-state index contributed by atoms with van der Waals surface area (Å²) in [6.07, 6.45) is 5.32. The van der Waals surface area contributed by atoms with Crippen LogP contribution in [0.2, 0.25) is 0 Å². The number of hydrogen-bond donors (Lipinski definition) is 1. The van der Waals surface area contributed by atoms with Crippen LogP contribution in [0.5, 0.6) is 0 Å². The maximum atomic E-state index is 12.2. The highest BCUT2D eigenvalue weighted by molar-refractivity contribution is 5.75. The number of nitrogens with one attached hydrogen (secondary N) is 1. The zero-order chi connectivity index (χ0) is 14.4. The molecule has 112 valence electrons. The molecule has 5 nitrogen and oxygen atoms in total. The Morgan fingerprint density at radius 1 is 1.55 bits per heavy atom. The number of carbonyl (C=O) groups excluding carboxylic acids is 1. The molecule has 1 aromatic heterocycles. The number of nitrogens with zero attached hydrogens (tertiary/aromatic N) is 3. The van der Waals surface area contributed by atoms with Crippen LogP contribution in [0.1, 0.15) is 44.7 Å². The molecule has 1 atom stereocenters. The molecule has 5 heteroatoms. The molecule has 1 amide bonds. The topological polar surface area (TPSA) is 50.2 Å². The third-order valence-electron chi connectivity index (χ3n) is 3.90. The summed E-state index contributed by atoms with van der Waals surface area (Å²) in [6, 6.07) is 2.06. The summed E-state index contributed by atoms with van der Waals surface area (Å²) in [4.78, 5) is 14.1. The van der Waals surface area contributed by atoms with Crippen molar-refractivity contribution < 1.29 is 4.79 Å². The van der Waals surface area contributed by atoms with Gasteiger partial charge in [0.15, 0.2) is 0 Å². The standard InChI is InChI=1S/C15H26N4O/c1-3-9-18(4-2)15(20)12-19-10-7-14(17-19)13-6-5-8-16-11-13/h7,10,13,16H,3-6,8-9,11-12H2,1-2H3/t13-/m0/s1. The van der Waals surface area contributed by atoms with Gasteiger partial charge < -0.3 is 10.2 Å². The molecule has 2 rings (SSSR count). The van der Waals surface area contributed by atoms with Crippen LogP contribution < -0.4 is 5.32 Å². The largest absolute Gasteiger partial charge is 0.341 e. The van der Waals surface area contributed by atoms with Crippen LogP contribution >= 0.6 is 0 Å². The first-order valence-corrected chi connectivity index (χ1v) is 7.76. The van der Waals surface area contributed by atoms with E-state index in [2.05, 4.69) is 23.4 Å². The summed E-state index contributed by atoms with van der Waals surface area (Å²) >= 11 is 0. The molecule has 1 fully saturated rings. The summed E-state index contributed by atoms with van der Waals surface area (Å²) in [5.74, 6) is 0.656. The summed E-state index contributed by atoms with van der Waals surface area (Å²) < 4.78 is 1.78. The van der Waals surface area contributed by atoms with E-state index < -0.39 is 0 Å². The van der Waals surface area contributed by atoms with Gasteiger partial charge in [-0.3, -0.25) is 9.48 Å². The third kappa shape index (κ3) is 3.82. The molecular formula is C15H26N4O. The van der Waals surface area contributed by atoms with Crippen molar-refractivity contribution >= 4 is 5.91 Å². The summed E-state index contributed by atoms with van der Waals surface area (Å²) in [6.45, 7) is 8.19. The van der Waals surface area contributed by atoms with Crippen molar-refractivity contribution in [3.63, 3.8) is 0 Å². The first-order valence-electron chi connectivity index (χ1n) is 7.76. The number of rotatable bonds is 6. The average molecular weight is 278 g/mol. The molecule has 0 unspecified atom stereocenters. The summed E-state index contributed by atoms with van der Waals surface area (Å²) in [7, 11) is 0. The van der Waals surface area contributed by atoms with Crippen LogP contribution in [0.25, 0.3) is 0 Å². The van der Waals surface area contributed by atoms with Gasteiger partial charge in [-0.05, 0) is 38.8 Å². The van der Waals surface area contributed by atoms with E-state index >= 15 is 0 Å². The van der Waals surface area contributed by atoms with Gasteiger partial charge in [0.1, 0.15) is 6.54 Å². The molecule has 0 bridgehead atoms. The molecule has 20 heavy (non-hydrogen) atoms. The van der Waals surface area contributed by atoms with Crippen molar-refractivity contribution in [3.05, 3.63) is 18.0 Å². The van der Waals surface area contributed by atoms with Gasteiger partial charge in [0.05, 0.1) is 5.69 Å². The highest BCUT2D eigenvalue weighted by Crippen LogP contribution is 2.21. The van der Waals surface area contributed by atoms with Crippen molar-refractivity contribution in [3.8, 4) is 0 Å². The Kier molecular flexibility index (Phi) is 5.59. The average Bonchev–Trinajstić information content (AvgIpc) is 2.94. The van der Waals surface area contributed by atoms with Gasteiger partial charge in [-0.15, -0.1) is 0 Å². The van der Waals surface area contributed by atoms with Crippen LogP contribution in [-0.2, 0) is 11.3 Å². The third-order valence-corrected chi connectivity index (χ3v) is 3.90. The quantitative estimate of drug-likeness (QED) is 0.860. The van der Waals surface area contributed by atoms with Crippen LogP contribution in [0.3, 0.4) is 0 Å². The first-order chi connectivity index (χ1) is 9.74. The number of hydrogen-bond acceptors (Lipinski definition) is 3. The lowest BCUT2D eigenvalue weighted by Gasteiger charge is -2.21. The smallest absolute Gasteiger partial charge is 0.244 e. The zero-order valence-electron chi connectivity index (χ0n) is 12.6. The Hall–Kier alpha value is -1.36. The van der Waals surface area contributed by atoms with Crippen LogP contribution in [0.15, 0.2) is 12.3 Å². The normalized spacial score (nSPS) is 19.0. The fourth-order valence-corrected chi connectivity index (χ4v) is 2.76. The monoisotopic (exact) mass is 278 g/mol. The maximum Gasteiger partial charge on any atom is 0.244 e. The van der Waals surface area contributed by atoms with Gasteiger partial charge >= 0.3 is 0 Å². The van der Waals surface area contributed by atoms with E-state index in [0.717, 1.165) is 38.3 Å². The number of likely N-dealkylation sites (N-methyl/N-ethyl adjacent to an activating group) is 1. The molecule has 0 saturated carbocycles. The molecular weight excluding hydrogens is 252 g/mol. The SMILES string of the molecule is CCCN(CC)C(=O)Cn1ccc([C@H]2CCCNC2)n1. The Morgan fingerprint density at radius 3 is 3.05 bits per heavy atom. The number of carbonyl (C=O) groups is 1. The predicted molar refractivity (Wildman–Crippen MR) is 79.6 cm³/mol. The van der Waals surface area contributed by atoms with Gasteiger partial charge in [-0.1, -0.05) is 6.92 Å². The lowest BCUT2D eigenvalue weighted by Crippen LogP contribution is -2.34. The zero-order valence-corrected chi connectivity index (χ0v) is 12.6. The lowest BCUT2D eigenvalue weighted by molar-refractivity contribution is -0.131. The molecule has 1 saturated heterocycles. The molecule has 2 heterocycles. The van der Waals surface area contributed by atoms with Crippen molar-refractivity contribution in [2.24, 2.45) is 0 Å². The Labute approximate surface area is 121 Å². The predicted octanol–water partition coefficient (Wildman–Crippen LogP) is 1.61. The van der Waals surface area contributed by atoms with E-state index in [1.165, 1.54) is 12.8 Å². The molecule has 1 aliphatic heterocycles. The minimum atomic E-state index is 0.158. The fourth-order valence-electron chi connectivity index (χ4n) is 2.76. The van der Waals surface area contributed by atoms with Crippen LogP contribution in [0, 0.1) is 0 Å². The Balaban J connectivity index is 1.93. The number of aromatic nitrogens is 2. The molecule has 0 spiro atoms. The lowest BCUT2D eigenvalue weighted by atomic mass is 9.97. The van der Waals surface area contributed by atoms with Gasteiger partial charge in [0.25, 0.3) is 0 Å². The van der Waals surface area contributed by atoms with Crippen molar-refractivity contribution in [2.45, 2.75) is 45.6 Å². The molecule has 0 aromatic carbocycles. The fraction of sp³-hybridized carbons (Fsp3) is 0.733. The minimum Gasteiger partial charge on any atom is -0.341 e. The van der Waals surface area contributed by atoms with E-state index in [-0.39, 0.29) is 5.91 Å². The first kappa shape index (κ1) is 15.0. The number of piperidine rings is 1. The van der Waals surface area contributed by atoms with Crippen molar-refractivity contribution in [1.82, 2.24) is 20.0 Å². The van der Waals surface area contributed by atoms with Crippen molar-refractivity contribution in [2.75, 3.05) is 26.2 Å². The van der Waals surface area contributed by atoms with E-state index in [9.17, 15) is 4.79 Å². The Morgan fingerprint density at radius 2 is 2.40 bits per heavy atom. The minimum absolute atomic E-state index is 0.158.